The third-order valence-corrected chi connectivity index (χ3v) is 3.46. The second-order valence-corrected chi connectivity index (χ2v) is 4.97. The fraction of sp³-hybridized carbons (Fsp3) is 0.0500. The van der Waals surface area contributed by atoms with Crippen LogP contribution in [-0.4, -0.2) is 4.98 Å². The molecule has 3 rings (SSSR count). The van der Waals surface area contributed by atoms with E-state index in [1.165, 1.54) is 11.1 Å². The number of hydrogen-bond donors (Lipinski definition) is 1. The van der Waals surface area contributed by atoms with Crippen LogP contribution < -0.4 is 5.32 Å². The third kappa shape index (κ3) is 3.61. The Hall–Kier alpha value is -2.87. The summed E-state index contributed by atoms with van der Waals surface area (Å²) in [6.45, 7) is 0. The van der Waals surface area contributed by atoms with Crippen LogP contribution in [0.5, 0.6) is 0 Å². The quantitative estimate of drug-likeness (QED) is 0.738. The van der Waals surface area contributed by atoms with Crippen LogP contribution in [0.2, 0.25) is 0 Å². The van der Waals surface area contributed by atoms with Crippen LogP contribution in [0.4, 0.5) is 5.69 Å². The molecule has 0 fully saturated rings. The molecule has 1 heterocycles. The SMILES string of the molecule is [c]1ccc(NC=CC(c2ccccc2)c2cccnc2)cc1. The first-order valence-electron chi connectivity index (χ1n) is 7.28. The van der Waals surface area contributed by atoms with Gasteiger partial charge in [-0.2, -0.15) is 0 Å². The topological polar surface area (TPSA) is 24.9 Å². The Morgan fingerprint density at radius 1 is 0.909 bits per heavy atom. The lowest BCUT2D eigenvalue weighted by Gasteiger charge is -2.13. The van der Waals surface area contributed by atoms with Crippen LogP contribution in [0.1, 0.15) is 17.0 Å². The lowest BCUT2D eigenvalue weighted by Crippen LogP contribution is -1.99. The van der Waals surface area contributed by atoms with Crippen LogP contribution in [0.15, 0.2) is 91.4 Å². The van der Waals surface area contributed by atoms with Gasteiger partial charge in [-0.1, -0.05) is 54.6 Å². The van der Waals surface area contributed by atoms with Gasteiger partial charge in [0.2, 0.25) is 0 Å². The molecule has 1 unspecified atom stereocenters. The van der Waals surface area contributed by atoms with Gasteiger partial charge in [0.1, 0.15) is 0 Å². The highest BCUT2D eigenvalue weighted by Crippen LogP contribution is 2.25. The number of rotatable bonds is 5. The van der Waals surface area contributed by atoms with Crippen molar-refractivity contribution in [1.82, 2.24) is 4.98 Å². The zero-order chi connectivity index (χ0) is 15.0. The van der Waals surface area contributed by atoms with Crippen molar-refractivity contribution in [2.45, 2.75) is 5.92 Å². The van der Waals surface area contributed by atoms with Gasteiger partial charge in [0.05, 0.1) is 0 Å². The van der Waals surface area contributed by atoms with E-state index in [-0.39, 0.29) is 5.92 Å². The van der Waals surface area contributed by atoms with Gasteiger partial charge in [-0.05, 0) is 41.6 Å². The summed E-state index contributed by atoms with van der Waals surface area (Å²) in [4.78, 5) is 4.24. The molecule has 3 aromatic rings. The maximum Gasteiger partial charge on any atom is 0.0380 e. The number of pyridine rings is 1. The molecule has 0 amide bonds. The minimum absolute atomic E-state index is 0.178. The molecule has 0 aliphatic rings. The first kappa shape index (κ1) is 14.1. The van der Waals surface area contributed by atoms with Crippen LogP contribution in [0.3, 0.4) is 0 Å². The van der Waals surface area contributed by atoms with Gasteiger partial charge in [0.15, 0.2) is 0 Å². The van der Waals surface area contributed by atoms with E-state index in [0.29, 0.717) is 0 Å². The van der Waals surface area contributed by atoms with E-state index >= 15 is 0 Å². The van der Waals surface area contributed by atoms with Crippen LogP contribution >= 0.6 is 0 Å². The predicted octanol–water partition coefficient (Wildman–Crippen LogP) is 4.64. The summed E-state index contributed by atoms with van der Waals surface area (Å²) in [7, 11) is 0. The molecule has 107 valence electrons. The Morgan fingerprint density at radius 3 is 2.41 bits per heavy atom. The number of anilines is 1. The van der Waals surface area contributed by atoms with Crippen LogP contribution in [-0.2, 0) is 0 Å². The highest BCUT2D eigenvalue weighted by molar-refractivity contribution is 5.45. The fourth-order valence-corrected chi connectivity index (χ4v) is 2.36. The van der Waals surface area contributed by atoms with Gasteiger partial charge >= 0.3 is 0 Å². The third-order valence-electron chi connectivity index (χ3n) is 3.46. The van der Waals surface area contributed by atoms with E-state index in [4.69, 9.17) is 0 Å². The van der Waals surface area contributed by atoms with Crippen LogP contribution in [0, 0.1) is 6.07 Å². The standard InChI is InChI=1S/C20H17N2/c1-3-8-17(9-4-1)20(18-10-7-14-21-16-18)13-15-22-19-11-5-2-6-12-19/h1,3-16,20,22H. The molecule has 2 heteroatoms. The molecule has 0 saturated carbocycles. The van der Waals surface area contributed by atoms with Crippen molar-refractivity contribution >= 4 is 5.69 Å². The monoisotopic (exact) mass is 285 g/mol. The first-order valence-corrected chi connectivity index (χ1v) is 7.28. The molecule has 22 heavy (non-hydrogen) atoms. The Labute approximate surface area is 131 Å². The maximum absolute atomic E-state index is 4.24. The van der Waals surface area contributed by atoms with E-state index < -0.39 is 0 Å². The number of benzene rings is 2. The van der Waals surface area contributed by atoms with Gasteiger partial charge < -0.3 is 5.32 Å². The summed E-state index contributed by atoms with van der Waals surface area (Å²) in [5.41, 5.74) is 3.47. The Morgan fingerprint density at radius 2 is 1.68 bits per heavy atom. The van der Waals surface area contributed by atoms with Crippen molar-refractivity contribution in [3.05, 3.63) is 109 Å². The second-order valence-electron chi connectivity index (χ2n) is 4.97. The minimum atomic E-state index is 0.178. The number of aromatic nitrogens is 1. The number of hydrogen-bond acceptors (Lipinski definition) is 2. The van der Waals surface area contributed by atoms with E-state index in [2.05, 4.69) is 52.8 Å². The Kier molecular flexibility index (Phi) is 4.63. The molecule has 2 aromatic carbocycles. The molecule has 0 aliphatic heterocycles. The van der Waals surface area contributed by atoms with Crippen molar-refractivity contribution in [1.29, 1.82) is 0 Å². The molecule has 1 N–H and O–H groups in total. The molecule has 1 aromatic heterocycles. The zero-order valence-electron chi connectivity index (χ0n) is 12.2. The fourth-order valence-electron chi connectivity index (χ4n) is 2.36. The van der Waals surface area contributed by atoms with Gasteiger partial charge in [-0.15, -0.1) is 0 Å². The van der Waals surface area contributed by atoms with Gasteiger partial charge in [-0.25, -0.2) is 0 Å². The molecule has 0 saturated heterocycles. The van der Waals surface area contributed by atoms with Crippen molar-refractivity contribution in [3.8, 4) is 0 Å². The molecule has 2 nitrogen and oxygen atoms in total. The largest absolute Gasteiger partial charge is 0.362 e. The first-order chi connectivity index (χ1) is 10.9. The molecule has 0 bridgehead atoms. The lowest BCUT2D eigenvalue weighted by atomic mass is 9.92. The van der Waals surface area contributed by atoms with Crippen molar-refractivity contribution in [3.63, 3.8) is 0 Å². The molecular formula is C20H17N2. The summed E-state index contributed by atoms with van der Waals surface area (Å²) in [5.74, 6) is 0.178. The number of nitrogens with one attached hydrogen (secondary N) is 1. The van der Waals surface area contributed by atoms with Gasteiger partial charge in [0.25, 0.3) is 0 Å². The summed E-state index contributed by atoms with van der Waals surface area (Å²) >= 11 is 0. The average Bonchev–Trinajstić information content (AvgIpc) is 2.61. The molecule has 1 atom stereocenters. The number of nitrogens with zero attached hydrogens (tertiary/aromatic N) is 1. The Bertz CT molecular complexity index is 667. The minimum Gasteiger partial charge on any atom is -0.362 e. The highest BCUT2D eigenvalue weighted by Gasteiger charge is 2.10. The van der Waals surface area contributed by atoms with Gasteiger partial charge in [-0.3, -0.25) is 4.98 Å². The smallest absolute Gasteiger partial charge is 0.0380 e. The highest BCUT2D eigenvalue weighted by atomic mass is 14.8. The van der Waals surface area contributed by atoms with Gasteiger partial charge in [0, 0.05) is 24.0 Å². The molecule has 0 aliphatic carbocycles. The van der Waals surface area contributed by atoms with Crippen molar-refractivity contribution in [2.24, 2.45) is 0 Å². The van der Waals surface area contributed by atoms with E-state index in [1.807, 2.05) is 48.8 Å². The van der Waals surface area contributed by atoms with E-state index in [1.54, 1.807) is 6.20 Å². The van der Waals surface area contributed by atoms with Crippen molar-refractivity contribution in [2.75, 3.05) is 5.32 Å². The normalized spacial score (nSPS) is 12.2. The lowest BCUT2D eigenvalue weighted by molar-refractivity contribution is 1.00. The predicted molar refractivity (Wildman–Crippen MR) is 90.6 cm³/mol. The molecule has 0 spiro atoms. The average molecular weight is 285 g/mol. The van der Waals surface area contributed by atoms with E-state index in [0.717, 1.165) is 5.69 Å². The zero-order valence-corrected chi connectivity index (χ0v) is 12.2. The maximum atomic E-state index is 4.24. The Balaban J connectivity index is 1.83. The van der Waals surface area contributed by atoms with Crippen molar-refractivity contribution < 1.29 is 0 Å². The second kappa shape index (κ2) is 7.23. The summed E-state index contributed by atoms with van der Waals surface area (Å²) < 4.78 is 0. The number of allylic oxidation sites excluding steroid dienone is 1. The van der Waals surface area contributed by atoms with Crippen LogP contribution in [0.25, 0.3) is 0 Å². The van der Waals surface area contributed by atoms with E-state index in [9.17, 15) is 0 Å². The molecular weight excluding hydrogens is 268 g/mol. The molecule has 1 radical (unpaired) electrons. The summed E-state index contributed by atoms with van der Waals surface area (Å²) in [6.07, 6.45) is 7.86. The summed E-state index contributed by atoms with van der Waals surface area (Å²) in [6, 6.07) is 25.3. The summed E-state index contributed by atoms with van der Waals surface area (Å²) in [5, 5.41) is 3.29.